The molecule has 2 aromatic heterocycles. The van der Waals surface area contributed by atoms with Crippen molar-refractivity contribution < 1.29 is 14.2 Å². The van der Waals surface area contributed by atoms with E-state index in [1.807, 2.05) is 24.3 Å². The van der Waals surface area contributed by atoms with Gasteiger partial charge in [0.2, 0.25) is 0 Å². The number of hydrogen-bond acceptors (Lipinski definition) is 8. The van der Waals surface area contributed by atoms with Crippen LogP contribution in [-0.2, 0) is 16.0 Å². The highest BCUT2D eigenvalue weighted by atomic mass is 16.5. The smallest absolute Gasteiger partial charge is 0.253 e. The van der Waals surface area contributed by atoms with Crippen molar-refractivity contribution in [1.29, 1.82) is 0 Å². The zero-order chi connectivity index (χ0) is 20.2. The number of nitrogens with one attached hydrogen (secondary N) is 1. The molecule has 1 N–H and O–H groups in total. The van der Waals surface area contributed by atoms with E-state index in [-0.39, 0.29) is 5.56 Å². The number of benzene rings is 1. The first kappa shape index (κ1) is 19.5. The summed E-state index contributed by atoms with van der Waals surface area (Å²) in [5, 5.41) is 13.1. The summed E-state index contributed by atoms with van der Waals surface area (Å²) in [6.45, 7) is 3.51. The van der Waals surface area contributed by atoms with Gasteiger partial charge in [-0.2, -0.15) is 0 Å². The molecule has 1 saturated heterocycles. The Morgan fingerprint density at radius 3 is 2.83 bits per heavy atom. The van der Waals surface area contributed by atoms with Gasteiger partial charge in [0.1, 0.15) is 11.8 Å². The fraction of sp³-hybridized carbons (Fsp3) is 0.474. The van der Waals surface area contributed by atoms with Crippen LogP contribution < -0.4 is 10.3 Å². The summed E-state index contributed by atoms with van der Waals surface area (Å²) in [7, 11) is 3.25. The molecule has 0 bridgehead atoms. The van der Waals surface area contributed by atoms with Gasteiger partial charge in [0, 0.05) is 36.7 Å². The van der Waals surface area contributed by atoms with E-state index in [0.29, 0.717) is 50.8 Å². The maximum absolute atomic E-state index is 13.0. The Morgan fingerprint density at radius 2 is 2.07 bits per heavy atom. The lowest BCUT2D eigenvalue weighted by Gasteiger charge is -2.33. The van der Waals surface area contributed by atoms with Crippen LogP contribution in [0.25, 0.3) is 10.9 Å². The van der Waals surface area contributed by atoms with Gasteiger partial charge >= 0.3 is 0 Å². The number of fused-ring (bicyclic) bond motifs is 1. The van der Waals surface area contributed by atoms with Crippen molar-refractivity contribution in [2.75, 3.05) is 47.1 Å². The van der Waals surface area contributed by atoms with Crippen molar-refractivity contribution in [1.82, 2.24) is 30.1 Å². The summed E-state index contributed by atoms with van der Waals surface area (Å²) in [6.07, 6.45) is 0. The molecule has 1 atom stereocenters. The van der Waals surface area contributed by atoms with Crippen molar-refractivity contribution in [3.63, 3.8) is 0 Å². The van der Waals surface area contributed by atoms with E-state index in [0.717, 1.165) is 16.7 Å². The normalized spacial score (nSPS) is 16.2. The van der Waals surface area contributed by atoms with Gasteiger partial charge in [0.15, 0.2) is 5.82 Å². The van der Waals surface area contributed by atoms with Crippen LogP contribution in [0, 0.1) is 0 Å². The molecular weight excluding hydrogens is 376 g/mol. The number of methoxy groups -OCH3 is 2. The Hall–Kier alpha value is -2.82. The van der Waals surface area contributed by atoms with Gasteiger partial charge in [-0.1, -0.05) is 0 Å². The highest BCUT2D eigenvalue weighted by Crippen LogP contribution is 2.28. The summed E-state index contributed by atoms with van der Waals surface area (Å²) in [5.41, 5.74) is 1.17. The van der Waals surface area contributed by atoms with Crippen molar-refractivity contribution in [3.8, 4) is 5.75 Å². The zero-order valence-corrected chi connectivity index (χ0v) is 16.5. The van der Waals surface area contributed by atoms with E-state index in [9.17, 15) is 4.79 Å². The Bertz CT molecular complexity index is 1030. The second-order valence-electron chi connectivity index (χ2n) is 6.81. The van der Waals surface area contributed by atoms with Gasteiger partial charge in [-0.15, -0.1) is 5.10 Å². The van der Waals surface area contributed by atoms with Gasteiger partial charge < -0.3 is 19.2 Å². The van der Waals surface area contributed by atoms with Crippen molar-refractivity contribution in [3.05, 3.63) is 46.0 Å². The number of H-pyrrole nitrogens is 1. The van der Waals surface area contributed by atoms with Crippen LogP contribution in [0.5, 0.6) is 5.75 Å². The second kappa shape index (κ2) is 8.68. The Morgan fingerprint density at radius 1 is 1.24 bits per heavy atom. The second-order valence-corrected chi connectivity index (χ2v) is 6.81. The van der Waals surface area contributed by atoms with E-state index in [1.54, 1.807) is 18.9 Å². The average Bonchev–Trinajstić information content (AvgIpc) is 3.21. The van der Waals surface area contributed by atoms with Crippen LogP contribution >= 0.6 is 0 Å². The van der Waals surface area contributed by atoms with Gasteiger partial charge in [0.05, 0.1) is 33.5 Å². The van der Waals surface area contributed by atoms with Crippen LogP contribution in [0.3, 0.4) is 0 Å². The van der Waals surface area contributed by atoms with Crippen molar-refractivity contribution in [2.24, 2.45) is 0 Å². The molecule has 1 fully saturated rings. The SMILES string of the molecule is COCCn1nnnc1[C@@H](c1cc2cc(OC)ccc2[nH]c1=O)N1CCOCC1. The molecule has 29 heavy (non-hydrogen) atoms. The van der Waals surface area contributed by atoms with E-state index < -0.39 is 6.04 Å². The average molecular weight is 400 g/mol. The third-order valence-electron chi connectivity index (χ3n) is 5.10. The van der Waals surface area contributed by atoms with E-state index >= 15 is 0 Å². The molecule has 0 unspecified atom stereocenters. The Balaban J connectivity index is 1.83. The lowest BCUT2D eigenvalue weighted by Crippen LogP contribution is -2.42. The number of nitrogens with zero attached hydrogens (tertiary/aromatic N) is 5. The molecule has 0 radical (unpaired) electrons. The highest BCUT2D eigenvalue weighted by molar-refractivity contribution is 5.80. The standard InChI is InChI=1S/C19H24N6O4/c1-27-8-7-25-18(21-22-23-25)17(24-5-9-29-10-6-24)15-12-13-11-14(28-2)3-4-16(13)20-19(15)26/h3-4,11-12,17H,5-10H2,1-2H3,(H,20,26)/t17-/m1/s1. The summed E-state index contributed by atoms with van der Waals surface area (Å²) in [4.78, 5) is 18.2. The Labute approximate surface area is 167 Å². The number of pyridine rings is 1. The van der Waals surface area contributed by atoms with Gasteiger partial charge in [-0.3, -0.25) is 9.69 Å². The van der Waals surface area contributed by atoms with E-state index in [1.165, 1.54) is 0 Å². The minimum Gasteiger partial charge on any atom is -0.497 e. The molecule has 3 heterocycles. The van der Waals surface area contributed by atoms with E-state index in [4.69, 9.17) is 14.2 Å². The molecule has 0 spiro atoms. The predicted octanol–water partition coefficient (Wildman–Crippen LogP) is 0.591. The number of ether oxygens (including phenoxy) is 3. The Kier molecular flexibility index (Phi) is 5.84. The number of rotatable bonds is 7. The summed E-state index contributed by atoms with van der Waals surface area (Å²) >= 11 is 0. The third kappa shape index (κ3) is 4.00. The lowest BCUT2D eigenvalue weighted by molar-refractivity contribution is 0.0211. The molecule has 0 aliphatic carbocycles. The molecule has 0 amide bonds. The molecule has 154 valence electrons. The fourth-order valence-electron chi connectivity index (χ4n) is 3.61. The molecule has 10 nitrogen and oxygen atoms in total. The van der Waals surface area contributed by atoms with Gasteiger partial charge in [-0.05, 0) is 34.7 Å². The van der Waals surface area contributed by atoms with E-state index in [2.05, 4.69) is 25.4 Å². The molecule has 0 saturated carbocycles. The van der Waals surface area contributed by atoms with Crippen LogP contribution in [-0.4, -0.2) is 77.2 Å². The summed E-state index contributed by atoms with van der Waals surface area (Å²) in [5.74, 6) is 1.33. The quantitative estimate of drug-likeness (QED) is 0.614. The topological polar surface area (TPSA) is 107 Å². The highest BCUT2D eigenvalue weighted by Gasteiger charge is 2.31. The summed E-state index contributed by atoms with van der Waals surface area (Å²) in [6, 6.07) is 7.06. The molecule has 1 aliphatic heterocycles. The lowest BCUT2D eigenvalue weighted by atomic mass is 10.0. The fourth-order valence-corrected chi connectivity index (χ4v) is 3.61. The third-order valence-corrected chi connectivity index (χ3v) is 5.10. The van der Waals surface area contributed by atoms with Crippen molar-refractivity contribution in [2.45, 2.75) is 12.6 Å². The molecule has 1 aromatic carbocycles. The van der Waals surface area contributed by atoms with Crippen molar-refractivity contribution >= 4 is 10.9 Å². The minimum absolute atomic E-state index is 0.166. The van der Waals surface area contributed by atoms with Gasteiger partial charge in [0.25, 0.3) is 5.56 Å². The number of morpholine rings is 1. The maximum Gasteiger partial charge on any atom is 0.253 e. The summed E-state index contributed by atoms with van der Waals surface area (Å²) < 4.78 is 17.7. The van der Waals surface area contributed by atoms with Gasteiger partial charge in [-0.25, -0.2) is 4.68 Å². The molecular formula is C19H24N6O4. The molecule has 3 aromatic rings. The van der Waals surface area contributed by atoms with Crippen LogP contribution in [0.2, 0.25) is 0 Å². The first-order valence-electron chi connectivity index (χ1n) is 9.49. The molecule has 10 heteroatoms. The minimum atomic E-state index is -0.398. The number of aromatic amines is 1. The first-order chi connectivity index (χ1) is 14.2. The molecule has 4 rings (SSSR count). The number of hydrogen-bond donors (Lipinski definition) is 1. The van der Waals surface area contributed by atoms with Crippen LogP contribution in [0.15, 0.2) is 29.1 Å². The predicted molar refractivity (Wildman–Crippen MR) is 105 cm³/mol. The zero-order valence-electron chi connectivity index (χ0n) is 16.5. The number of aromatic nitrogens is 5. The molecule has 1 aliphatic rings. The number of tetrazole rings is 1. The maximum atomic E-state index is 13.0. The monoisotopic (exact) mass is 400 g/mol. The first-order valence-corrected chi connectivity index (χ1v) is 9.49. The van der Waals surface area contributed by atoms with Crippen LogP contribution in [0.1, 0.15) is 17.4 Å². The largest absolute Gasteiger partial charge is 0.497 e. The van der Waals surface area contributed by atoms with Crippen LogP contribution in [0.4, 0.5) is 0 Å².